The topological polar surface area (TPSA) is 34.2 Å². The number of nitrogens with one attached hydrogen (secondary N) is 1. The fourth-order valence-corrected chi connectivity index (χ4v) is 2.57. The molecule has 0 saturated carbocycles. The van der Waals surface area contributed by atoms with Crippen LogP contribution in [0.5, 0.6) is 5.75 Å². The SMILES string of the molecule is CCCNC(Cc1cccc(Cl)c1)c1ccncc1OC. The van der Waals surface area contributed by atoms with Crippen LogP contribution in [0.1, 0.15) is 30.5 Å². The molecule has 0 spiro atoms. The van der Waals surface area contributed by atoms with E-state index >= 15 is 0 Å². The van der Waals surface area contributed by atoms with Gasteiger partial charge in [0.25, 0.3) is 0 Å². The molecule has 4 heteroatoms. The van der Waals surface area contributed by atoms with Gasteiger partial charge in [0.05, 0.1) is 13.3 Å². The average Bonchev–Trinajstić information content (AvgIpc) is 2.51. The lowest BCUT2D eigenvalue weighted by molar-refractivity contribution is 0.396. The first-order valence-corrected chi connectivity index (χ1v) is 7.58. The Labute approximate surface area is 131 Å². The predicted octanol–water partition coefficient (Wildman–Crippen LogP) is 4.03. The van der Waals surface area contributed by atoms with Crippen molar-refractivity contribution in [2.45, 2.75) is 25.8 Å². The van der Waals surface area contributed by atoms with Crippen LogP contribution >= 0.6 is 11.6 Å². The summed E-state index contributed by atoms with van der Waals surface area (Å²) in [6, 6.07) is 10.2. The molecular formula is C17H21ClN2O. The van der Waals surface area contributed by atoms with E-state index in [1.165, 1.54) is 5.56 Å². The van der Waals surface area contributed by atoms with Crippen molar-refractivity contribution in [1.82, 2.24) is 10.3 Å². The zero-order chi connectivity index (χ0) is 15.1. The van der Waals surface area contributed by atoms with Gasteiger partial charge in [-0.15, -0.1) is 0 Å². The molecule has 1 unspecified atom stereocenters. The first-order valence-electron chi connectivity index (χ1n) is 7.20. The van der Waals surface area contributed by atoms with Crippen molar-refractivity contribution in [3.63, 3.8) is 0 Å². The van der Waals surface area contributed by atoms with Crippen LogP contribution in [-0.2, 0) is 6.42 Å². The quantitative estimate of drug-likeness (QED) is 0.838. The van der Waals surface area contributed by atoms with E-state index in [-0.39, 0.29) is 6.04 Å². The molecule has 0 amide bonds. The summed E-state index contributed by atoms with van der Waals surface area (Å²) in [6.45, 7) is 3.12. The first-order chi connectivity index (χ1) is 10.2. The molecule has 1 aromatic heterocycles. The van der Waals surface area contributed by atoms with E-state index in [1.807, 2.05) is 24.3 Å². The molecule has 0 saturated heterocycles. The van der Waals surface area contributed by atoms with E-state index in [0.717, 1.165) is 35.7 Å². The smallest absolute Gasteiger partial charge is 0.141 e. The number of aromatic nitrogens is 1. The third-order valence-corrected chi connectivity index (χ3v) is 3.62. The summed E-state index contributed by atoms with van der Waals surface area (Å²) in [7, 11) is 1.68. The van der Waals surface area contributed by atoms with Crippen LogP contribution in [0.2, 0.25) is 5.02 Å². The summed E-state index contributed by atoms with van der Waals surface area (Å²) in [6.07, 6.45) is 5.50. The van der Waals surface area contributed by atoms with Gasteiger partial charge in [0.15, 0.2) is 0 Å². The summed E-state index contributed by atoms with van der Waals surface area (Å²) in [5.74, 6) is 0.813. The average molecular weight is 305 g/mol. The van der Waals surface area contributed by atoms with Crippen molar-refractivity contribution >= 4 is 11.6 Å². The second kappa shape index (κ2) is 8.01. The van der Waals surface area contributed by atoms with Crippen molar-refractivity contribution in [2.75, 3.05) is 13.7 Å². The fourth-order valence-electron chi connectivity index (χ4n) is 2.36. The van der Waals surface area contributed by atoms with Gasteiger partial charge in [-0.3, -0.25) is 4.98 Å². The summed E-state index contributed by atoms with van der Waals surface area (Å²) in [4.78, 5) is 4.13. The van der Waals surface area contributed by atoms with E-state index < -0.39 is 0 Å². The molecule has 1 N–H and O–H groups in total. The highest BCUT2D eigenvalue weighted by atomic mass is 35.5. The molecule has 1 aromatic carbocycles. The maximum atomic E-state index is 6.08. The Bertz CT molecular complexity index is 574. The lowest BCUT2D eigenvalue weighted by Crippen LogP contribution is -2.24. The molecule has 0 aliphatic heterocycles. The number of halogens is 1. The molecular weight excluding hydrogens is 284 g/mol. The summed E-state index contributed by atoms with van der Waals surface area (Å²) >= 11 is 6.08. The third-order valence-electron chi connectivity index (χ3n) is 3.38. The van der Waals surface area contributed by atoms with Crippen LogP contribution in [0.4, 0.5) is 0 Å². The number of ether oxygens (including phenoxy) is 1. The van der Waals surface area contributed by atoms with Crippen molar-refractivity contribution in [3.05, 3.63) is 58.9 Å². The number of methoxy groups -OCH3 is 1. The standard InChI is InChI=1S/C17H21ClN2O/c1-3-8-20-16(11-13-5-4-6-14(18)10-13)15-7-9-19-12-17(15)21-2/h4-7,9-10,12,16,20H,3,8,11H2,1-2H3. The van der Waals surface area contributed by atoms with Gasteiger partial charge < -0.3 is 10.1 Å². The van der Waals surface area contributed by atoms with E-state index in [4.69, 9.17) is 16.3 Å². The van der Waals surface area contributed by atoms with Crippen molar-refractivity contribution in [2.24, 2.45) is 0 Å². The summed E-state index contributed by atoms with van der Waals surface area (Å²) in [5.41, 5.74) is 2.33. The van der Waals surface area contributed by atoms with Crippen LogP contribution in [0.15, 0.2) is 42.7 Å². The Balaban J connectivity index is 2.25. The van der Waals surface area contributed by atoms with Gasteiger partial charge in [-0.1, -0.05) is 30.7 Å². The van der Waals surface area contributed by atoms with E-state index in [1.54, 1.807) is 19.5 Å². The van der Waals surface area contributed by atoms with E-state index in [0.29, 0.717) is 0 Å². The van der Waals surface area contributed by atoms with Gasteiger partial charge in [-0.2, -0.15) is 0 Å². The van der Waals surface area contributed by atoms with E-state index in [2.05, 4.69) is 23.3 Å². The van der Waals surface area contributed by atoms with Crippen LogP contribution in [0, 0.1) is 0 Å². The maximum absolute atomic E-state index is 6.08. The molecule has 2 rings (SSSR count). The minimum absolute atomic E-state index is 0.182. The number of benzene rings is 1. The van der Waals surface area contributed by atoms with Crippen LogP contribution in [-0.4, -0.2) is 18.6 Å². The van der Waals surface area contributed by atoms with E-state index in [9.17, 15) is 0 Å². The Kier molecular flexibility index (Phi) is 6.03. The van der Waals surface area contributed by atoms with Gasteiger partial charge >= 0.3 is 0 Å². The van der Waals surface area contributed by atoms with Gasteiger partial charge in [0.1, 0.15) is 5.75 Å². The Hall–Kier alpha value is -1.58. The number of hydrogen-bond donors (Lipinski definition) is 1. The van der Waals surface area contributed by atoms with Gasteiger partial charge in [-0.25, -0.2) is 0 Å². The highest BCUT2D eigenvalue weighted by Crippen LogP contribution is 2.27. The molecule has 2 aromatic rings. The predicted molar refractivity (Wildman–Crippen MR) is 87.0 cm³/mol. The number of pyridine rings is 1. The lowest BCUT2D eigenvalue weighted by atomic mass is 9.99. The zero-order valence-electron chi connectivity index (χ0n) is 12.5. The summed E-state index contributed by atoms with van der Waals surface area (Å²) < 4.78 is 5.44. The first kappa shape index (κ1) is 15.8. The number of hydrogen-bond acceptors (Lipinski definition) is 3. The fraction of sp³-hybridized carbons (Fsp3) is 0.353. The Morgan fingerprint density at radius 3 is 2.90 bits per heavy atom. The van der Waals surface area contributed by atoms with Gasteiger partial charge in [-0.05, 0) is 43.1 Å². The molecule has 0 aliphatic carbocycles. The minimum atomic E-state index is 0.182. The van der Waals surface area contributed by atoms with Crippen LogP contribution < -0.4 is 10.1 Å². The van der Waals surface area contributed by atoms with Crippen molar-refractivity contribution in [1.29, 1.82) is 0 Å². The molecule has 0 fully saturated rings. The highest BCUT2D eigenvalue weighted by Gasteiger charge is 2.16. The molecule has 0 bridgehead atoms. The molecule has 112 valence electrons. The molecule has 3 nitrogen and oxygen atoms in total. The largest absolute Gasteiger partial charge is 0.495 e. The molecule has 1 heterocycles. The normalized spacial score (nSPS) is 12.1. The van der Waals surface area contributed by atoms with Gasteiger partial charge in [0.2, 0.25) is 0 Å². The lowest BCUT2D eigenvalue weighted by Gasteiger charge is -2.21. The Morgan fingerprint density at radius 1 is 1.33 bits per heavy atom. The highest BCUT2D eigenvalue weighted by molar-refractivity contribution is 6.30. The minimum Gasteiger partial charge on any atom is -0.495 e. The zero-order valence-corrected chi connectivity index (χ0v) is 13.2. The molecule has 0 radical (unpaired) electrons. The van der Waals surface area contributed by atoms with Crippen molar-refractivity contribution < 1.29 is 4.74 Å². The maximum Gasteiger partial charge on any atom is 0.141 e. The van der Waals surface area contributed by atoms with Crippen LogP contribution in [0.25, 0.3) is 0 Å². The third kappa shape index (κ3) is 4.45. The van der Waals surface area contributed by atoms with Crippen molar-refractivity contribution in [3.8, 4) is 5.75 Å². The molecule has 0 aliphatic rings. The molecule has 21 heavy (non-hydrogen) atoms. The number of nitrogens with zero attached hydrogens (tertiary/aromatic N) is 1. The Morgan fingerprint density at radius 2 is 2.19 bits per heavy atom. The molecule has 1 atom stereocenters. The van der Waals surface area contributed by atoms with Gasteiger partial charge in [0, 0.05) is 22.8 Å². The second-order valence-electron chi connectivity index (χ2n) is 4.96. The van der Waals surface area contributed by atoms with Crippen LogP contribution in [0.3, 0.4) is 0 Å². The number of rotatable bonds is 7. The second-order valence-corrected chi connectivity index (χ2v) is 5.39. The summed E-state index contributed by atoms with van der Waals surface area (Å²) in [5, 5.41) is 4.34. The monoisotopic (exact) mass is 304 g/mol.